The zero-order valence-corrected chi connectivity index (χ0v) is 15.7. The molecule has 0 unspecified atom stereocenters. The first-order valence-corrected chi connectivity index (χ1v) is 9.02. The molecule has 3 aromatic carbocycles. The zero-order chi connectivity index (χ0) is 19.6. The van der Waals surface area contributed by atoms with Crippen molar-refractivity contribution < 1.29 is 19.0 Å². The van der Waals surface area contributed by atoms with E-state index >= 15 is 0 Å². The lowest BCUT2D eigenvalue weighted by Crippen LogP contribution is -2.10. The first kappa shape index (κ1) is 19.2. The van der Waals surface area contributed by atoms with Gasteiger partial charge < -0.3 is 14.2 Å². The third-order valence-electron chi connectivity index (χ3n) is 4.09. The molecule has 3 rings (SSSR count). The lowest BCUT2D eigenvalue weighted by molar-refractivity contribution is -0.138. The number of rotatable bonds is 8. The predicted octanol–water partition coefficient (Wildman–Crippen LogP) is 5.00. The van der Waals surface area contributed by atoms with E-state index in [9.17, 15) is 4.79 Å². The van der Waals surface area contributed by atoms with Crippen LogP contribution in [-0.4, -0.2) is 26.3 Å². The van der Waals surface area contributed by atoms with Crippen molar-refractivity contribution in [3.63, 3.8) is 0 Å². The Bertz CT molecular complexity index is 898. The Morgan fingerprint density at radius 1 is 0.786 bits per heavy atom. The van der Waals surface area contributed by atoms with E-state index in [1.807, 2.05) is 78.9 Å². The van der Waals surface area contributed by atoms with Gasteiger partial charge in [0.15, 0.2) is 0 Å². The van der Waals surface area contributed by atoms with E-state index in [4.69, 9.17) is 14.2 Å². The van der Waals surface area contributed by atoms with Crippen LogP contribution in [-0.2, 0) is 9.53 Å². The summed E-state index contributed by atoms with van der Waals surface area (Å²) < 4.78 is 15.9. The van der Waals surface area contributed by atoms with E-state index in [-0.39, 0.29) is 12.6 Å². The van der Waals surface area contributed by atoms with Gasteiger partial charge in [0, 0.05) is 6.08 Å². The van der Waals surface area contributed by atoms with Gasteiger partial charge in [0.1, 0.15) is 24.7 Å². The summed E-state index contributed by atoms with van der Waals surface area (Å²) in [4.78, 5) is 11.7. The highest BCUT2D eigenvalue weighted by atomic mass is 16.6. The highest BCUT2D eigenvalue weighted by Gasteiger charge is 2.01. The molecular weight excluding hydrogens is 352 g/mol. The average molecular weight is 374 g/mol. The number of hydrogen-bond donors (Lipinski definition) is 0. The minimum absolute atomic E-state index is 0.193. The van der Waals surface area contributed by atoms with Gasteiger partial charge in [-0.2, -0.15) is 0 Å². The molecule has 0 atom stereocenters. The highest BCUT2D eigenvalue weighted by molar-refractivity contribution is 5.87. The smallest absolute Gasteiger partial charge is 0.330 e. The summed E-state index contributed by atoms with van der Waals surface area (Å²) in [5, 5.41) is 0. The number of hydrogen-bond acceptors (Lipinski definition) is 4. The van der Waals surface area contributed by atoms with Crippen molar-refractivity contribution in [2.45, 2.75) is 0 Å². The molecule has 0 heterocycles. The molecule has 0 aromatic heterocycles. The first-order chi connectivity index (χ1) is 13.7. The third-order valence-corrected chi connectivity index (χ3v) is 4.09. The van der Waals surface area contributed by atoms with Crippen LogP contribution in [0.1, 0.15) is 5.56 Å². The molecule has 0 bridgehead atoms. The summed E-state index contributed by atoms with van der Waals surface area (Å²) >= 11 is 0. The van der Waals surface area contributed by atoms with Crippen molar-refractivity contribution in [2.75, 3.05) is 20.3 Å². The number of carbonyl (C=O) groups is 1. The predicted molar refractivity (Wildman–Crippen MR) is 110 cm³/mol. The summed E-state index contributed by atoms with van der Waals surface area (Å²) in [5.74, 6) is 1.17. The van der Waals surface area contributed by atoms with Crippen LogP contribution in [0.3, 0.4) is 0 Å². The molecule has 0 saturated carbocycles. The van der Waals surface area contributed by atoms with Crippen molar-refractivity contribution in [1.29, 1.82) is 0 Å². The van der Waals surface area contributed by atoms with E-state index in [0.717, 1.165) is 28.2 Å². The monoisotopic (exact) mass is 374 g/mol. The van der Waals surface area contributed by atoms with E-state index in [0.29, 0.717) is 6.61 Å². The summed E-state index contributed by atoms with van der Waals surface area (Å²) in [7, 11) is 1.65. The van der Waals surface area contributed by atoms with Gasteiger partial charge in [-0.1, -0.05) is 54.6 Å². The van der Waals surface area contributed by atoms with Crippen molar-refractivity contribution in [1.82, 2.24) is 0 Å². The Balaban J connectivity index is 1.42. The molecular formula is C24H22O4. The number of benzene rings is 3. The molecule has 0 amide bonds. The molecule has 0 aliphatic carbocycles. The lowest BCUT2D eigenvalue weighted by atomic mass is 10.1. The van der Waals surface area contributed by atoms with Gasteiger partial charge in [-0.15, -0.1) is 0 Å². The largest absolute Gasteiger partial charge is 0.497 e. The van der Waals surface area contributed by atoms with Gasteiger partial charge in [0.05, 0.1) is 7.11 Å². The van der Waals surface area contributed by atoms with Gasteiger partial charge in [-0.25, -0.2) is 4.79 Å². The van der Waals surface area contributed by atoms with Crippen LogP contribution in [0, 0.1) is 0 Å². The molecule has 142 valence electrons. The highest BCUT2D eigenvalue weighted by Crippen LogP contribution is 2.24. The fourth-order valence-electron chi connectivity index (χ4n) is 2.61. The van der Waals surface area contributed by atoms with Crippen molar-refractivity contribution in [3.05, 3.63) is 90.5 Å². The molecule has 0 saturated heterocycles. The topological polar surface area (TPSA) is 44.8 Å². The summed E-state index contributed by atoms with van der Waals surface area (Å²) in [6.07, 6.45) is 3.14. The standard InChI is InChI=1S/C24H22O4/c1-26-22-12-8-20(9-13-22)21-10-14-23(15-11-21)27-17-18-28-24(25)16-7-19-5-3-2-4-6-19/h2-16H,17-18H2,1H3/b16-7+. The maximum atomic E-state index is 11.7. The maximum Gasteiger partial charge on any atom is 0.330 e. The Kier molecular flexibility index (Phi) is 6.85. The van der Waals surface area contributed by atoms with Crippen LogP contribution in [0.5, 0.6) is 11.5 Å². The molecule has 0 aliphatic heterocycles. The second kappa shape index (κ2) is 9.97. The second-order valence-electron chi connectivity index (χ2n) is 6.01. The minimum atomic E-state index is -0.387. The van der Waals surface area contributed by atoms with E-state index in [1.54, 1.807) is 13.2 Å². The number of ether oxygens (including phenoxy) is 3. The average Bonchev–Trinajstić information content (AvgIpc) is 2.76. The van der Waals surface area contributed by atoms with Crippen molar-refractivity contribution >= 4 is 12.0 Å². The Morgan fingerprint density at radius 3 is 2.00 bits per heavy atom. The fraction of sp³-hybridized carbons (Fsp3) is 0.125. The quantitative estimate of drug-likeness (QED) is 0.316. The van der Waals surface area contributed by atoms with Gasteiger partial charge in [-0.05, 0) is 47.0 Å². The molecule has 3 aromatic rings. The number of carbonyl (C=O) groups excluding carboxylic acids is 1. The summed E-state index contributed by atoms with van der Waals surface area (Å²) in [6.45, 7) is 0.491. The Morgan fingerprint density at radius 2 is 1.39 bits per heavy atom. The van der Waals surface area contributed by atoms with Crippen LogP contribution in [0.2, 0.25) is 0 Å². The van der Waals surface area contributed by atoms with Crippen LogP contribution in [0.25, 0.3) is 17.2 Å². The molecule has 0 spiro atoms. The molecule has 0 N–H and O–H groups in total. The van der Waals surface area contributed by atoms with Gasteiger partial charge >= 0.3 is 5.97 Å². The van der Waals surface area contributed by atoms with Gasteiger partial charge in [0.25, 0.3) is 0 Å². The number of methoxy groups -OCH3 is 1. The Labute approximate surface area is 165 Å². The minimum Gasteiger partial charge on any atom is -0.497 e. The van der Waals surface area contributed by atoms with Crippen LogP contribution in [0.15, 0.2) is 84.9 Å². The lowest BCUT2D eigenvalue weighted by Gasteiger charge is -2.08. The van der Waals surface area contributed by atoms with Crippen molar-refractivity contribution in [2.24, 2.45) is 0 Å². The summed E-state index contributed by atoms with van der Waals surface area (Å²) in [6, 6.07) is 25.3. The maximum absolute atomic E-state index is 11.7. The Hall–Kier alpha value is -3.53. The molecule has 0 fully saturated rings. The zero-order valence-electron chi connectivity index (χ0n) is 15.7. The number of esters is 1. The van der Waals surface area contributed by atoms with E-state index < -0.39 is 0 Å². The second-order valence-corrected chi connectivity index (χ2v) is 6.01. The van der Waals surface area contributed by atoms with Crippen LogP contribution >= 0.6 is 0 Å². The first-order valence-electron chi connectivity index (χ1n) is 9.02. The molecule has 4 nitrogen and oxygen atoms in total. The van der Waals surface area contributed by atoms with Gasteiger partial charge in [0.2, 0.25) is 0 Å². The SMILES string of the molecule is COc1ccc(-c2ccc(OCCOC(=O)/C=C/c3ccccc3)cc2)cc1. The molecule has 0 aliphatic rings. The molecule has 28 heavy (non-hydrogen) atoms. The van der Waals surface area contributed by atoms with E-state index in [1.165, 1.54) is 6.08 Å². The van der Waals surface area contributed by atoms with Crippen LogP contribution in [0.4, 0.5) is 0 Å². The third kappa shape index (κ3) is 5.74. The van der Waals surface area contributed by atoms with Crippen LogP contribution < -0.4 is 9.47 Å². The van der Waals surface area contributed by atoms with E-state index in [2.05, 4.69) is 0 Å². The normalized spacial score (nSPS) is 10.6. The molecule has 0 radical (unpaired) electrons. The van der Waals surface area contributed by atoms with Gasteiger partial charge in [-0.3, -0.25) is 0 Å². The molecule has 4 heteroatoms. The van der Waals surface area contributed by atoms with Crippen molar-refractivity contribution in [3.8, 4) is 22.6 Å². The summed E-state index contributed by atoms with van der Waals surface area (Å²) in [5.41, 5.74) is 3.15. The fourth-order valence-corrected chi connectivity index (χ4v) is 2.61.